The molecule has 1 saturated heterocycles. The minimum Gasteiger partial charge on any atom is -0.455 e. The molecule has 3 aliphatic carbocycles. The van der Waals surface area contributed by atoms with Crippen LogP contribution in [0.3, 0.4) is 0 Å². The van der Waals surface area contributed by atoms with Crippen molar-refractivity contribution in [3.8, 4) is 0 Å². The van der Waals surface area contributed by atoms with Crippen molar-refractivity contribution in [3.63, 3.8) is 0 Å². The standard InChI is InChI=1S/C53H60N2O18/c1-29-35(70-49(65)43(71-39(61)23-22-38(60)55-68-25-24-56)41(32-16-10-7-11-17-32)54-47(63)33-18-12-8-13-19-33)27-53(66)46(72-48(64)34-20-14-9-15-21-34)44-51(6,36(59)26-37-52(44,28-67-37)73-31(3)58)45(62)42(69-30(2)57)40(29)50(53,4)5/h7-21,35-37,41-44,46,56,59,66H,22-28H2,1-6H3,(H,54,63)(H,55,60)/t35-,36-,37+,41-,42+,43+,44?,46-,51+,52-,53+/m0/s1. The molecule has 73 heavy (non-hydrogen) atoms. The predicted molar refractivity (Wildman–Crippen MR) is 252 cm³/mol. The number of aliphatic hydroxyl groups excluding tert-OH is 2. The molecule has 3 aromatic rings. The van der Waals surface area contributed by atoms with E-state index < -0.39 is 144 Å². The average Bonchev–Trinajstić information content (AvgIpc) is 3.35. The van der Waals surface area contributed by atoms with Gasteiger partial charge in [0.2, 0.25) is 12.0 Å². The molecule has 0 spiro atoms. The van der Waals surface area contributed by atoms with Crippen molar-refractivity contribution in [1.29, 1.82) is 0 Å². The van der Waals surface area contributed by atoms with Gasteiger partial charge in [-0.25, -0.2) is 15.1 Å². The Bertz CT molecular complexity index is 2630. The second-order valence-electron chi connectivity index (χ2n) is 19.4. The molecule has 2 saturated carbocycles. The molecular formula is C53H60N2O18. The molecule has 0 aromatic heterocycles. The SMILES string of the molecule is CC(=O)O[C@H]1C(=O)[C@@]2(C)C([C@H](OC(=O)c3ccccc3)[C@]3(O)C[C@H](OC(=O)[C@H](OC(=O)CCC(=O)NOCCO)[C@@H](NC(=O)c4ccccc4)c4ccccc4)C(C)=C1C3(C)C)[C@]1(OC(C)=O)CO[C@@H]1C[C@@H]2O. The van der Waals surface area contributed by atoms with Gasteiger partial charge in [-0.05, 0) is 54.8 Å². The van der Waals surface area contributed by atoms with Crippen LogP contribution in [-0.2, 0) is 62.0 Å². The minimum atomic E-state index is -2.51. The topological polar surface area (TPSA) is 286 Å². The number of nitrogens with one attached hydrogen (secondary N) is 2. The highest BCUT2D eigenvalue weighted by molar-refractivity contribution is 5.96. The molecule has 7 rings (SSSR count). The summed E-state index contributed by atoms with van der Waals surface area (Å²) >= 11 is 0. The summed E-state index contributed by atoms with van der Waals surface area (Å²) < 4.78 is 36.6. The summed E-state index contributed by atoms with van der Waals surface area (Å²) in [5, 5.41) is 37.9. The van der Waals surface area contributed by atoms with Crippen LogP contribution in [0.15, 0.2) is 102 Å². The van der Waals surface area contributed by atoms with Gasteiger partial charge in [0, 0.05) is 44.1 Å². The maximum absolute atomic E-state index is 15.7. The molecule has 20 nitrogen and oxygen atoms in total. The fraction of sp³-hybridized carbons (Fsp3) is 0.472. The van der Waals surface area contributed by atoms with Crippen LogP contribution in [0.2, 0.25) is 0 Å². The van der Waals surface area contributed by atoms with Crippen molar-refractivity contribution >= 4 is 47.4 Å². The summed E-state index contributed by atoms with van der Waals surface area (Å²) in [4.78, 5) is 117. The van der Waals surface area contributed by atoms with Crippen LogP contribution in [0, 0.1) is 16.7 Å². The zero-order chi connectivity index (χ0) is 53.0. The van der Waals surface area contributed by atoms with E-state index in [9.17, 15) is 39.0 Å². The number of rotatable bonds is 17. The number of ether oxygens (including phenoxy) is 6. The van der Waals surface area contributed by atoms with Crippen molar-refractivity contribution in [3.05, 3.63) is 119 Å². The predicted octanol–water partition coefficient (Wildman–Crippen LogP) is 3.11. The highest BCUT2D eigenvalue weighted by Gasteiger charge is 2.78. The number of fused-ring (bicyclic) bond motifs is 5. The van der Waals surface area contributed by atoms with Crippen molar-refractivity contribution in [2.24, 2.45) is 16.7 Å². The Hall–Kier alpha value is -6.84. The second kappa shape index (κ2) is 21.7. The van der Waals surface area contributed by atoms with E-state index >= 15 is 9.59 Å². The molecule has 5 N–H and O–H groups in total. The molecule has 3 aromatic carbocycles. The van der Waals surface area contributed by atoms with Gasteiger partial charge in [0.25, 0.3) is 5.91 Å². The number of ketones is 1. The van der Waals surface area contributed by atoms with Crippen LogP contribution in [0.25, 0.3) is 0 Å². The maximum Gasteiger partial charge on any atom is 0.350 e. The third kappa shape index (κ3) is 10.4. The Labute approximate surface area is 420 Å². The first kappa shape index (κ1) is 53.9. The van der Waals surface area contributed by atoms with Crippen LogP contribution < -0.4 is 10.8 Å². The normalized spacial score (nSPS) is 28.6. The fourth-order valence-electron chi connectivity index (χ4n) is 10.9. The smallest absolute Gasteiger partial charge is 0.350 e. The molecule has 20 heteroatoms. The molecule has 1 aliphatic heterocycles. The quantitative estimate of drug-likeness (QED) is 0.0427. The van der Waals surface area contributed by atoms with Gasteiger partial charge in [0.1, 0.15) is 30.0 Å². The van der Waals surface area contributed by atoms with Gasteiger partial charge < -0.3 is 49.1 Å². The van der Waals surface area contributed by atoms with E-state index in [0.717, 1.165) is 13.8 Å². The molecule has 3 fully saturated rings. The summed E-state index contributed by atoms with van der Waals surface area (Å²) in [5.74, 6) is -9.18. The molecular weight excluding hydrogens is 953 g/mol. The molecule has 0 radical (unpaired) electrons. The molecule has 11 atom stereocenters. The van der Waals surface area contributed by atoms with Crippen molar-refractivity contribution in [2.45, 2.75) is 121 Å². The van der Waals surface area contributed by atoms with Gasteiger partial charge in [-0.2, -0.15) is 0 Å². The lowest BCUT2D eigenvalue weighted by molar-refractivity contribution is -0.346. The lowest BCUT2D eigenvalue weighted by Gasteiger charge is -2.67. The number of esters is 5. The molecule has 390 valence electrons. The van der Waals surface area contributed by atoms with Gasteiger partial charge in [-0.3, -0.25) is 33.6 Å². The van der Waals surface area contributed by atoms with E-state index in [1.807, 2.05) is 0 Å². The Morgan fingerprint density at radius 2 is 1.44 bits per heavy atom. The first-order valence-corrected chi connectivity index (χ1v) is 23.8. The van der Waals surface area contributed by atoms with Gasteiger partial charge >= 0.3 is 29.8 Å². The number of carbonyl (C=O) groups excluding carboxylic acids is 8. The Morgan fingerprint density at radius 3 is 2.01 bits per heavy atom. The first-order chi connectivity index (χ1) is 34.6. The van der Waals surface area contributed by atoms with Crippen molar-refractivity contribution in [2.75, 3.05) is 19.8 Å². The van der Waals surface area contributed by atoms with Crippen LogP contribution in [0.4, 0.5) is 0 Å². The number of hydrogen-bond acceptors (Lipinski definition) is 18. The van der Waals surface area contributed by atoms with Crippen LogP contribution in [0.5, 0.6) is 0 Å². The molecule has 2 bridgehead atoms. The molecule has 1 unspecified atom stereocenters. The number of benzene rings is 3. The van der Waals surface area contributed by atoms with Crippen molar-refractivity contribution in [1.82, 2.24) is 10.8 Å². The number of amides is 2. The van der Waals surface area contributed by atoms with E-state index in [0.29, 0.717) is 0 Å². The highest BCUT2D eigenvalue weighted by Crippen LogP contribution is 2.64. The average molecular weight is 1010 g/mol. The Balaban J connectivity index is 1.39. The van der Waals surface area contributed by atoms with E-state index in [1.54, 1.807) is 66.7 Å². The zero-order valence-corrected chi connectivity index (χ0v) is 41.2. The Kier molecular flexibility index (Phi) is 16.0. The second-order valence-corrected chi connectivity index (χ2v) is 19.4. The van der Waals surface area contributed by atoms with E-state index in [2.05, 4.69) is 10.8 Å². The molecule has 4 aliphatic rings. The number of aliphatic hydroxyl groups is 3. The van der Waals surface area contributed by atoms with Gasteiger partial charge in [-0.1, -0.05) is 80.6 Å². The maximum atomic E-state index is 15.7. The van der Waals surface area contributed by atoms with Crippen LogP contribution in [0.1, 0.15) is 99.5 Å². The van der Waals surface area contributed by atoms with E-state index in [-0.39, 0.29) is 47.5 Å². The summed E-state index contributed by atoms with van der Waals surface area (Å²) in [6, 6.07) is 22.2. The largest absolute Gasteiger partial charge is 0.455 e. The number of hydroxylamine groups is 1. The zero-order valence-electron chi connectivity index (χ0n) is 41.2. The van der Waals surface area contributed by atoms with Gasteiger partial charge in [0.15, 0.2) is 17.5 Å². The summed E-state index contributed by atoms with van der Waals surface area (Å²) in [6.45, 7) is 7.06. The van der Waals surface area contributed by atoms with Gasteiger partial charge in [0.05, 0.1) is 49.2 Å². The number of Topliss-reactive ketones (excluding diaryl/α,β-unsaturated/α-hetero) is 1. The highest BCUT2D eigenvalue weighted by atomic mass is 16.7. The van der Waals surface area contributed by atoms with Crippen LogP contribution >= 0.6 is 0 Å². The van der Waals surface area contributed by atoms with E-state index in [1.165, 1.54) is 52.0 Å². The lowest BCUT2D eigenvalue weighted by atomic mass is 9.44. The monoisotopic (exact) mass is 1010 g/mol. The number of carbonyl (C=O) groups is 8. The van der Waals surface area contributed by atoms with E-state index in [4.69, 9.17) is 38.4 Å². The van der Waals surface area contributed by atoms with Gasteiger partial charge in [-0.15, -0.1) is 0 Å². The minimum absolute atomic E-state index is 0.0196. The number of hydrogen-bond donors (Lipinski definition) is 5. The molecule has 2 amide bonds. The molecule has 1 heterocycles. The summed E-state index contributed by atoms with van der Waals surface area (Å²) in [5.41, 5.74) is -5.73. The third-order valence-electron chi connectivity index (χ3n) is 14.7. The Morgan fingerprint density at radius 1 is 0.822 bits per heavy atom. The fourth-order valence-corrected chi connectivity index (χ4v) is 10.9. The van der Waals surface area contributed by atoms with Crippen molar-refractivity contribution < 1.29 is 86.9 Å². The summed E-state index contributed by atoms with van der Waals surface area (Å²) in [6.07, 6.45) is -12.3. The summed E-state index contributed by atoms with van der Waals surface area (Å²) in [7, 11) is 0. The first-order valence-electron chi connectivity index (χ1n) is 23.8. The van der Waals surface area contributed by atoms with Crippen LogP contribution in [-0.4, -0.2) is 130 Å². The lowest BCUT2D eigenvalue weighted by Crippen LogP contribution is -2.82. The third-order valence-corrected chi connectivity index (χ3v) is 14.7.